The smallest absolute Gasteiger partial charge is 0.368 e. The van der Waals surface area contributed by atoms with Gasteiger partial charge in [-0.25, -0.2) is 22.0 Å². The number of aromatic nitrogens is 1. The number of para-hydroxylation sites is 1. The van der Waals surface area contributed by atoms with Crippen LogP contribution < -0.4 is 10.6 Å². The Morgan fingerprint density at radius 1 is 0.909 bits per heavy atom. The van der Waals surface area contributed by atoms with E-state index in [9.17, 15) is 32.2 Å². The molecule has 4 aromatic rings. The molecule has 6 N–H and O–H groups in total. The summed E-state index contributed by atoms with van der Waals surface area (Å²) < 4.78 is 61.1. The van der Waals surface area contributed by atoms with E-state index < -0.39 is 39.8 Å². The van der Waals surface area contributed by atoms with Crippen molar-refractivity contribution in [3.8, 4) is 22.4 Å². The molecule has 9 nitrogen and oxygen atoms in total. The monoisotopic (exact) mass is 628 g/mol. The second kappa shape index (κ2) is 14.1. The third-order valence-corrected chi connectivity index (χ3v) is 8.60. The lowest BCUT2D eigenvalue weighted by Gasteiger charge is -2.20. The summed E-state index contributed by atoms with van der Waals surface area (Å²) in [6, 6.07) is 19.4. The first-order chi connectivity index (χ1) is 20.9. The molecule has 12 heteroatoms. The lowest BCUT2D eigenvalue weighted by Crippen LogP contribution is -2.51. The van der Waals surface area contributed by atoms with Gasteiger partial charge in [0.05, 0.1) is 24.3 Å². The fourth-order valence-corrected chi connectivity index (χ4v) is 6.89. The number of carbonyl (C=O) groups excluding carboxylic acids is 1. The van der Waals surface area contributed by atoms with Crippen LogP contribution in [-0.2, 0) is 26.2 Å². The third-order valence-electron chi connectivity index (χ3n) is 7.14. The molecule has 4 rings (SSSR count). The molecule has 0 radical (unpaired) electrons. The van der Waals surface area contributed by atoms with Gasteiger partial charge in [-0.1, -0.05) is 44.2 Å². The van der Waals surface area contributed by atoms with Crippen LogP contribution in [-0.4, -0.2) is 41.4 Å². The number of anilines is 1. The van der Waals surface area contributed by atoms with Crippen LogP contribution in [0.2, 0.25) is 0 Å². The first-order valence-corrected chi connectivity index (χ1v) is 15.6. The van der Waals surface area contributed by atoms with Crippen LogP contribution >= 0.6 is 0 Å². The van der Waals surface area contributed by atoms with Gasteiger partial charge in [-0.15, -0.1) is 0 Å². The first-order valence-electron chi connectivity index (χ1n) is 14.1. The molecule has 0 amide bonds. The van der Waals surface area contributed by atoms with Crippen molar-refractivity contribution in [2.75, 3.05) is 4.72 Å². The molecule has 0 spiro atoms. The van der Waals surface area contributed by atoms with Crippen LogP contribution in [0, 0.1) is 11.6 Å². The van der Waals surface area contributed by atoms with Gasteiger partial charge >= 0.3 is 5.97 Å². The van der Waals surface area contributed by atoms with E-state index in [0.717, 1.165) is 0 Å². The zero-order valence-electron chi connectivity index (χ0n) is 24.4. The maximum Gasteiger partial charge on any atom is 0.368 e. The van der Waals surface area contributed by atoms with Gasteiger partial charge in [0.2, 0.25) is 0 Å². The molecule has 0 bridgehead atoms. The molecule has 1 aromatic heterocycles. The second-order valence-corrected chi connectivity index (χ2v) is 12.4. The van der Waals surface area contributed by atoms with Gasteiger partial charge in [0, 0.05) is 23.5 Å². The van der Waals surface area contributed by atoms with Gasteiger partial charge in [-0.3, -0.25) is 9.56 Å². The lowest BCUT2D eigenvalue weighted by atomic mass is 10.00. The van der Waals surface area contributed by atoms with Crippen molar-refractivity contribution in [1.82, 2.24) is 4.57 Å². The number of aliphatic hydroxyl groups excluding tert-OH is 2. The molecule has 0 aliphatic rings. The van der Waals surface area contributed by atoms with Gasteiger partial charge < -0.3 is 14.8 Å². The normalized spacial score (nSPS) is 13.1. The van der Waals surface area contributed by atoms with Crippen LogP contribution in [0.3, 0.4) is 0 Å². The van der Waals surface area contributed by atoms with Crippen LogP contribution in [0.25, 0.3) is 22.4 Å². The predicted octanol–water partition coefficient (Wildman–Crippen LogP) is 4.62. The Kier molecular flexibility index (Phi) is 10.5. The predicted molar refractivity (Wildman–Crippen MR) is 161 cm³/mol. The molecule has 0 saturated carbocycles. The van der Waals surface area contributed by atoms with Gasteiger partial charge in [0.25, 0.3) is 10.0 Å². The van der Waals surface area contributed by atoms with E-state index in [4.69, 9.17) is 0 Å². The van der Waals surface area contributed by atoms with E-state index in [0.29, 0.717) is 28.2 Å². The molecule has 2 atom stereocenters. The number of sulfonamides is 1. The highest BCUT2D eigenvalue weighted by atomic mass is 32.2. The zero-order chi connectivity index (χ0) is 32.0. The van der Waals surface area contributed by atoms with Crippen LogP contribution in [0.5, 0.6) is 0 Å². The summed E-state index contributed by atoms with van der Waals surface area (Å²) in [7, 11) is -4.27. The van der Waals surface area contributed by atoms with Crippen molar-refractivity contribution in [1.29, 1.82) is 0 Å². The minimum Gasteiger partial charge on any atom is -0.393 e. The summed E-state index contributed by atoms with van der Waals surface area (Å²) >= 11 is 0. The Bertz CT molecular complexity index is 1680. The molecule has 0 fully saturated rings. The molecule has 3 aromatic carbocycles. The standard InChI is InChI=1S/C32H36F2N3O6S/c1-20(2)30-32(44(41,42)36-25-6-4-3-5-7-25)29(21-8-12-23(33)13-9-21)31(22-10-14-24(34)15-11-22)37(30)17-16-26(38)18-27(39)19-28(40)43-35/h3-15,20,26-27,36,38-39H,16-19H2,1-2,35H3/q+1. The number of hydrogen-bond donors (Lipinski definition) is 4. The summed E-state index contributed by atoms with van der Waals surface area (Å²) in [5, 5.41) is 21.0. The largest absolute Gasteiger partial charge is 0.393 e. The van der Waals surface area contributed by atoms with E-state index in [2.05, 4.69) is 15.5 Å². The molecule has 44 heavy (non-hydrogen) atoms. The Morgan fingerprint density at radius 2 is 1.48 bits per heavy atom. The van der Waals surface area contributed by atoms with Gasteiger partial charge in [0.15, 0.2) is 0 Å². The van der Waals surface area contributed by atoms with Crippen LogP contribution in [0.4, 0.5) is 14.5 Å². The zero-order valence-corrected chi connectivity index (χ0v) is 25.2. The molecule has 2 unspecified atom stereocenters. The third kappa shape index (κ3) is 7.69. The van der Waals surface area contributed by atoms with Crippen molar-refractivity contribution < 1.29 is 42.9 Å². The van der Waals surface area contributed by atoms with E-state index in [1.54, 1.807) is 34.9 Å². The fourth-order valence-electron chi connectivity index (χ4n) is 5.24. The number of quaternary nitrogens is 1. The minimum atomic E-state index is -4.27. The van der Waals surface area contributed by atoms with Gasteiger partial charge in [0.1, 0.15) is 16.5 Å². The SMILES string of the molecule is CC(C)c1c(S(=O)(=O)Nc2ccccc2)c(-c2ccc(F)cc2)c(-c2ccc(F)cc2)n1CCC(O)CC(O)CC(=O)O[NH3+]. The van der Waals surface area contributed by atoms with Crippen molar-refractivity contribution in [3.63, 3.8) is 0 Å². The number of halogens is 2. The number of hydrogen-bond acceptors (Lipinski definition) is 6. The molecule has 0 aliphatic heterocycles. The van der Waals surface area contributed by atoms with E-state index in [1.807, 2.05) is 13.8 Å². The van der Waals surface area contributed by atoms with Crippen molar-refractivity contribution in [2.24, 2.45) is 0 Å². The quantitative estimate of drug-likeness (QED) is 0.159. The lowest BCUT2D eigenvalue weighted by molar-refractivity contribution is -0.657. The highest BCUT2D eigenvalue weighted by Gasteiger charge is 2.34. The number of carbonyl (C=O) groups is 1. The highest BCUT2D eigenvalue weighted by Crippen LogP contribution is 2.45. The maximum atomic E-state index is 14.3. The van der Waals surface area contributed by atoms with Crippen molar-refractivity contribution in [2.45, 2.75) is 62.7 Å². The molecule has 1 heterocycles. The maximum absolute atomic E-state index is 14.3. The van der Waals surface area contributed by atoms with E-state index in [1.165, 1.54) is 48.5 Å². The van der Waals surface area contributed by atoms with Crippen molar-refractivity contribution in [3.05, 3.63) is 96.2 Å². The number of benzene rings is 3. The Labute approximate surface area is 254 Å². The summed E-state index contributed by atoms with van der Waals surface area (Å²) in [5.74, 6) is 0.957. The Balaban J connectivity index is 1.93. The van der Waals surface area contributed by atoms with E-state index >= 15 is 0 Å². The summed E-state index contributed by atoms with van der Waals surface area (Å²) in [4.78, 5) is 15.8. The Morgan fingerprint density at radius 3 is 2.02 bits per heavy atom. The number of nitrogens with one attached hydrogen (secondary N) is 1. The summed E-state index contributed by atoms with van der Waals surface area (Å²) in [5.41, 5.74) is 2.40. The molecule has 0 saturated heterocycles. The number of nitrogens with zero attached hydrogens (tertiary/aromatic N) is 1. The number of aliphatic hydroxyl groups is 2. The molecular weight excluding hydrogens is 592 g/mol. The van der Waals surface area contributed by atoms with Crippen molar-refractivity contribution >= 4 is 21.7 Å². The molecular formula is C32H36F2N3O6S+. The van der Waals surface area contributed by atoms with Crippen LogP contribution in [0.15, 0.2) is 83.8 Å². The summed E-state index contributed by atoms with van der Waals surface area (Å²) in [6.07, 6.45) is -2.64. The van der Waals surface area contributed by atoms with Crippen LogP contribution in [0.1, 0.15) is 44.7 Å². The minimum absolute atomic E-state index is 0.0324. The molecule has 234 valence electrons. The number of rotatable bonds is 13. The molecule has 0 aliphatic carbocycles. The Hall–Kier alpha value is -4.10. The highest BCUT2D eigenvalue weighted by molar-refractivity contribution is 7.93. The van der Waals surface area contributed by atoms with Gasteiger partial charge in [-0.05, 0) is 78.4 Å². The topological polar surface area (TPSA) is 146 Å². The van der Waals surface area contributed by atoms with Gasteiger partial charge in [-0.2, -0.15) is 5.90 Å². The fraction of sp³-hybridized carbons (Fsp3) is 0.281. The average molecular weight is 629 g/mol. The van der Waals surface area contributed by atoms with E-state index in [-0.39, 0.29) is 42.2 Å². The second-order valence-electron chi connectivity index (χ2n) is 10.8. The summed E-state index contributed by atoms with van der Waals surface area (Å²) in [6.45, 7) is 3.77. The first kappa shape index (κ1) is 32.8. The average Bonchev–Trinajstić information content (AvgIpc) is 3.33.